The fraction of sp³-hybridized carbons (Fsp3) is 0.180. The molecule has 0 saturated heterocycles. The van der Waals surface area contributed by atoms with Crippen molar-refractivity contribution in [2.24, 2.45) is 0 Å². The first-order valence-electron chi connectivity index (χ1n) is 23.8. The molecule has 0 fully saturated rings. The van der Waals surface area contributed by atoms with E-state index in [1.165, 1.54) is 68.6 Å². The third-order valence-corrected chi connectivity index (χ3v) is 13.9. The molecule has 0 bridgehead atoms. The summed E-state index contributed by atoms with van der Waals surface area (Å²) in [6.07, 6.45) is 22.2. The number of nitrogens with zero attached hydrogens (tertiary/aromatic N) is 6. The maximum Gasteiger partial charge on any atom is 0.0900 e. The molecule has 0 spiro atoms. The zero-order chi connectivity index (χ0) is 45.8. The SMILES string of the molecule is C=C(/C=C\C=C/C)c1cc(-c2ccc3c(c2)c2ccc4c5cc(-c6cc(-c7ccccn7)nc(-c7ccccn7)c6)ccc5n5c6c(c(=C)n3c2c45)C(C)CC=C6)cc(C(C)CCCCC)n1. The van der Waals surface area contributed by atoms with Crippen LogP contribution in [0, 0.1) is 0 Å². The van der Waals surface area contributed by atoms with Crippen LogP contribution in [0.25, 0.3) is 107 Å². The Morgan fingerprint density at radius 1 is 0.701 bits per heavy atom. The Morgan fingerprint density at radius 2 is 1.34 bits per heavy atom. The number of aromatic nitrogens is 6. The largest absolute Gasteiger partial charge is 0.307 e. The number of hydrogen-bond acceptors (Lipinski definition) is 4. The van der Waals surface area contributed by atoms with E-state index in [2.05, 4.69) is 137 Å². The Bertz CT molecular complexity index is 3640. The van der Waals surface area contributed by atoms with Crippen LogP contribution in [0.5, 0.6) is 0 Å². The van der Waals surface area contributed by atoms with Crippen LogP contribution >= 0.6 is 0 Å². The number of allylic oxidation sites excluding steroid dienone is 6. The first-order chi connectivity index (χ1) is 32.8. The summed E-state index contributed by atoms with van der Waals surface area (Å²) in [7, 11) is 0. The minimum Gasteiger partial charge on any atom is -0.307 e. The van der Waals surface area contributed by atoms with Gasteiger partial charge >= 0.3 is 0 Å². The normalized spacial score (nSPS) is 14.5. The number of rotatable bonds is 12. The van der Waals surface area contributed by atoms with Crippen molar-refractivity contribution in [1.82, 2.24) is 28.7 Å². The molecular formula is C61H54N6. The average Bonchev–Trinajstić information content (AvgIpc) is 3.85. The maximum absolute atomic E-state index is 5.22. The highest BCUT2D eigenvalue weighted by atomic mass is 15.0. The highest BCUT2D eigenvalue weighted by Crippen LogP contribution is 2.43. The van der Waals surface area contributed by atoms with Gasteiger partial charge in [0.25, 0.3) is 0 Å². The molecule has 0 N–H and O–H groups in total. The molecule has 0 saturated carbocycles. The van der Waals surface area contributed by atoms with Gasteiger partial charge < -0.3 is 8.80 Å². The molecule has 0 aliphatic heterocycles. The second kappa shape index (κ2) is 17.3. The first kappa shape index (κ1) is 42.0. The topological polar surface area (TPSA) is 60.4 Å². The molecule has 0 amide bonds. The molecule has 1 aliphatic rings. The van der Waals surface area contributed by atoms with Crippen LogP contribution in [-0.4, -0.2) is 28.7 Å². The van der Waals surface area contributed by atoms with Crippen molar-refractivity contribution in [1.29, 1.82) is 0 Å². The fourth-order valence-corrected chi connectivity index (χ4v) is 10.4. The van der Waals surface area contributed by atoms with Crippen LogP contribution in [-0.2, 0) is 0 Å². The zero-order valence-corrected chi connectivity index (χ0v) is 38.8. The van der Waals surface area contributed by atoms with Crippen LogP contribution in [0.15, 0.2) is 159 Å². The van der Waals surface area contributed by atoms with E-state index in [1.54, 1.807) is 0 Å². The fourth-order valence-electron chi connectivity index (χ4n) is 10.4. The van der Waals surface area contributed by atoms with Gasteiger partial charge in [-0.15, -0.1) is 0 Å². The molecule has 0 radical (unpaired) electrons. The Kier molecular flexibility index (Phi) is 10.8. The Balaban J connectivity index is 1.14. The van der Waals surface area contributed by atoms with Gasteiger partial charge in [-0.2, -0.15) is 0 Å². The molecule has 328 valence electrons. The van der Waals surface area contributed by atoms with E-state index >= 15 is 0 Å². The molecule has 6 heteroatoms. The Hall–Kier alpha value is -7.70. The van der Waals surface area contributed by atoms with E-state index in [9.17, 15) is 0 Å². The van der Waals surface area contributed by atoms with Crippen LogP contribution in [0.3, 0.4) is 0 Å². The summed E-state index contributed by atoms with van der Waals surface area (Å²) in [5.74, 6) is 0.619. The van der Waals surface area contributed by atoms with E-state index in [0.29, 0.717) is 5.92 Å². The number of unbranched alkanes of at least 4 members (excludes halogenated alkanes) is 2. The highest BCUT2D eigenvalue weighted by molar-refractivity contribution is 6.23. The second-order valence-corrected chi connectivity index (χ2v) is 18.3. The minimum absolute atomic E-state index is 0.287. The van der Waals surface area contributed by atoms with Gasteiger partial charge in [-0.3, -0.25) is 15.0 Å². The molecule has 7 aromatic heterocycles. The molecule has 1 aliphatic carbocycles. The van der Waals surface area contributed by atoms with Crippen molar-refractivity contribution >= 4 is 61.8 Å². The second-order valence-electron chi connectivity index (χ2n) is 18.3. The zero-order valence-electron chi connectivity index (χ0n) is 38.8. The van der Waals surface area contributed by atoms with Crippen molar-refractivity contribution in [2.75, 3.05) is 0 Å². The standard InChI is InChI=1S/C61H54N6/c1-7-9-11-18-38(3)52-34-44(35-53(64-52)39(4)19-12-10-8-2)42-24-28-56-48(32-42)46-26-27-47-49-33-43(45-36-54(50-21-13-15-30-62-50)65-55(37-45)51-22-14-16-31-63-51)25-29-57(49)67-58-23-17-20-40(5)59(58)41(6)66(56)60(46)61(47)67/h7,9,11,13-18,21-37,39-40H,3,6,8,10,12,19-20H2,1-2,4-5H3/b9-7-,18-11-. The van der Waals surface area contributed by atoms with Gasteiger partial charge in [-0.05, 0) is 138 Å². The lowest BCUT2D eigenvalue weighted by atomic mass is 9.92. The van der Waals surface area contributed by atoms with Gasteiger partial charge in [0.05, 0.1) is 56.2 Å². The Labute approximate surface area is 392 Å². The summed E-state index contributed by atoms with van der Waals surface area (Å²) in [4.78, 5) is 19.7. The van der Waals surface area contributed by atoms with Crippen molar-refractivity contribution in [2.45, 2.75) is 71.6 Å². The summed E-state index contributed by atoms with van der Waals surface area (Å²) in [6, 6.07) is 39.3. The molecule has 67 heavy (non-hydrogen) atoms. The lowest BCUT2D eigenvalue weighted by Crippen LogP contribution is -2.19. The molecule has 11 rings (SSSR count). The van der Waals surface area contributed by atoms with E-state index in [1.807, 2.05) is 73.9 Å². The molecular weight excluding hydrogens is 817 g/mol. The maximum atomic E-state index is 5.22. The molecule has 10 aromatic rings. The summed E-state index contributed by atoms with van der Waals surface area (Å²) >= 11 is 0. The van der Waals surface area contributed by atoms with Crippen molar-refractivity contribution in [3.05, 3.63) is 187 Å². The van der Waals surface area contributed by atoms with Crippen molar-refractivity contribution in [3.8, 4) is 45.0 Å². The van der Waals surface area contributed by atoms with Gasteiger partial charge in [0.15, 0.2) is 0 Å². The van der Waals surface area contributed by atoms with Gasteiger partial charge in [-0.25, -0.2) is 4.98 Å². The smallest absolute Gasteiger partial charge is 0.0900 e. The first-order valence-corrected chi connectivity index (χ1v) is 23.8. The monoisotopic (exact) mass is 870 g/mol. The van der Waals surface area contributed by atoms with Crippen LogP contribution in [0.4, 0.5) is 0 Å². The highest BCUT2D eigenvalue weighted by Gasteiger charge is 2.26. The average molecular weight is 871 g/mol. The lowest BCUT2D eigenvalue weighted by Gasteiger charge is -2.18. The summed E-state index contributed by atoms with van der Waals surface area (Å²) < 4.78 is 4.98. The van der Waals surface area contributed by atoms with E-state index in [0.717, 1.165) is 85.7 Å². The number of hydrogen-bond donors (Lipinski definition) is 0. The number of fused-ring (bicyclic) bond motifs is 8. The van der Waals surface area contributed by atoms with Gasteiger partial charge in [-0.1, -0.05) is 120 Å². The number of benzene rings is 3. The van der Waals surface area contributed by atoms with Gasteiger partial charge in [0.2, 0.25) is 0 Å². The third-order valence-electron chi connectivity index (χ3n) is 13.9. The van der Waals surface area contributed by atoms with Crippen molar-refractivity contribution < 1.29 is 0 Å². The molecule has 6 nitrogen and oxygen atoms in total. The number of pyridine rings is 4. The molecule has 7 heterocycles. The molecule has 2 unspecified atom stereocenters. The van der Waals surface area contributed by atoms with Crippen LogP contribution in [0.2, 0.25) is 0 Å². The summed E-state index contributed by atoms with van der Waals surface area (Å²) in [5, 5.41) is 5.86. The predicted octanol–water partition coefficient (Wildman–Crippen LogP) is 15.4. The van der Waals surface area contributed by atoms with E-state index in [-0.39, 0.29) is 5.92 Å². The minimum atomic E-state index is 0.287. The van der Waals surface area contributed by atoms with E-state index in [4.69, 9.17) is 16.5 Å². The van der Waals surface area contributed by atoms with Crippen LogP contribution < -0.4 is 5.35 Å². The molecule has 2 atom stereocenters. The lowest BCUT2D eigenvalue weighted by molar-refractivity contribution is 0.588. The molecule has 3 aromatic carbocycles. The quantitative estimate of drug-likeness (QED) is 0.0906. The third kappa shape index (κ3) is 7.28. The van der Waals surface area contributed by atoms with Crippen LogP contribution in [0.1, 0.15) is 94.3 Å². The van der Waals surface area contributed by atoms with Gasteiger partial charge in [0.1, 0.15) is 0 Å². The van der Waals surface area contributed by atoms with Crippen molar-refractivity contribution in [3.63, 3.8) is 0 Å². The Morgan fingerprint density at radius 3 is 1.97 bits per heavy atom. The van der Waals surface area contributed by atoms with Gasteiger partial charge in [0, 0.05) is 50.5 Å². The summed E-state index contributed by atoms with van der Waals surface area (Å²) in [5.41, 5.74) is 17.9. The predicted molar refractivity (Wildman–Crippen MR) is 282 cm³/mol. The van der Waals surface area contributed by atoms with E-state index < -0.39 is 0 Å². The summed E-state index contributed by atoms with van der Waals surface area (Å²) in [6.45, 7) is 18.3.